The van der Waals surface area contributed by atoms with Crippen LogP contribution >= 0.6 is 0 Å². The average Bonchev–Trinajstić information content (AvgIpc) is 2.85. The minimum Gasteiger partial charge on any atom is -0.385 e. The van der Waals surface area contributed by atoms with Gasteiger partial charge in [-0.15, -0.1) is 0 Å². The van der Waals surface area contributed by atoms with Gasteiger partial charge in [0.2, 0.25) is 10.0 Å². The molecule has 6 heteroatoms. The summed E-state index contributed by atoms with van der Waals surface area (Å²) in [6.07, 6.45) is 0.510. The standard InChI is InChI=1S/C20H25NO4S/c1-16-9-11-18(12-10-16)26(24,25)21-14-6-5-13-20(23,15-21)19(22)17-7-3-2-4-8-17/h2-4,7-12,19,22-23H,5-6,13-15H2,1H3/t19-,20-/m1/s1. The zero-order valence-electron chi connectivity index (χ0n) is 14.9. The average molecular weight is 375 g/mol. The normalized spacial score (nSPS) is 23.3. The van der Waals surface area contributed by atoms with Crippen LogP contribution in [0.4, 0.5) is 0 Å². The molecule has 0 radical (unpaired) electrons. The lowest BCUT2D eigenvalue weighted by Crippen LogP contribution is -2.48. The molecule has 26 heavy (non-hydrogen) atoms. The molecule has 1 fully saturated rings. The van der Waals surface area contributed by atoms with Crippen LogP contribution in [0.2, 0.25) is 0 Å². The third-order valence-corrected chi connectivity index (χ3v) is 6.86. The molecule has 0 aromatic heterocycles. The predicted molar refractivity (Wildman–Crippen MR) is 100 cm³/mol. The highest BCUT2D eigenvalue weighted by molar-refractivity contribution is 7.89. The van der Waals surface area contributed by atoms with Crippen molar-refractivity contribution in [2.75, 3.05) is 13.1 Å². The second-order valence-electron chi connectivity index (χ2n) is 7.03. The number of aliphatic hydroxyl groups is 2. The van der Waals surface area contributed by atoms with Gasteiger partial charge in [-0.1, -0.05) is 48.0 Å². The van der Waals surface area contributed by atoms with Crippen molar-refractivity contribution in [3.05, 3.63) is 65.7 Å². The van der Waals surface area contributed by atoms with Crippen LogP contribution in [-0.2, 0) is 10.0 Å². The van der Waals surface area contributed by atoms with Gasteiger partial charge in [-0.25, -0.2) is 8.42 Å². The molecule has 0 amide bonds. The number of β-amino-alcohol motifs (C(OH)–C–C–N with tert-alkyl or cyclic N) is 1. The number of sulfonamides is 1. The van der Waals surface area contributed by atoms with Crippen LogP contribution in [-0.4, -0.2) is 41.6 Å². The monoisotopic (exact) mass is 375 g/mol. The Morgan fingerprint density at radius 1 is 1.04 bits per heavy atom. The number of aryl methyl sites for hydroxylation is 1. The molecule has 2 aromatic carbocycles. The van der Waals surface area contributed by atoms with Crippen LogP contribution in [0.15, 0.2) is 59.5 Å². The fourth-order valence-electron chi connectivity index (χ4n) is 3.42. The lowest BCUT2D eigenvalue weighted by Gasteiger charge is -2.35. The van der Waals surface area contributed by atoms with Gasteiger partial charge in [-0.05, 0) is 43.9 Å². The maximum absolute atomic E-state index is 13.0. The first kappa shape index (κ1) is 19.0. The van der Waals surface area contributed by atoms with Crippen molar-refractivity contribution in [2.24, 2.45) is 0 Å². The van der Waals surface area contributed by atoms with E-state index in [0.29, 0.717) is 31.4 Å². The van der Waals surface area contributed by atoms with Gasteiger partial charge in [0, 0.05) is 13.1 Å². The Hall–Kier alpha value is -1.73. The SMILES string of the molecule is Cc1ccc(S(=O)(=O)N2CCCC[C@](O)([C@H](O)c3ccccc3)C2)cc1. The molecule has 0 spiro atoms. The van der Waals surface area contributed by atoms with E-state index < -0.39 is 21.7 Å². The van der Waals surface area contributed by atoms with E-state index in [1.165, 1.54) is 4.31 Å². The third kappa shape index (κ3) is 3.83. The zero-order chi connectivity index (χ0) is 18.8. The van der Waals surface area contributed by atoms with E-state index in [1.807, 2.05) is 13.0 Å². The van der Waals surface area contributed by atoms with Gasteiger partial charge >= 0.3 is 0 Å². The van der Waals surface area contributed by atoms with Gasteiger partial charge in [-0.3, -0.25) is 0 Å². The van der Waals surface area contributed by atoms with Gasteiger partial charge in [0.1, 0.15) is 11.7 Å². The largest absolute Gasteiger partial charge is 0.385 e. The van der Waals surface area contributed by atoms with Crippen LogP contribution < -0.4 is 0 Å². The Morgan fingerprint density at radius 2 is 1.69 bits per heavy atom. The van der Waals surface area contributed by atoms with Gasteiger partial charge in [-0.2, -0.15) is 4.31 Å². The van der Waals surface area contributed by atoms with E-state index in [0.717, 1.165) is 5.56 Å². The molecular weight excluding hydrogens is 350 g/mol. The third-order valence-electron chi connectivity index (χ3n) is 5.00. The van der Waals surface area contributed by atoms with Crippen molar-refractivity contribution in [2.45, 2.75) is 42.8 Å². The van der Waals surface area contributed by atoms with Crippen molar-refractivity contribution in [1.29, 1.82) is 0 Å². The maximum Gasteiger partial charge on any atom is 0.243 e. The fraction of sp³-hybridized carbons (Fsp3) is 0.400. The number of rotatable bonds is 4. The second-order valence-corrected chi connectivity index (χ2v) is 8.96. The maximum atomic E-state index is 13.0. The zero-order valence-corrected chi connectivity index (χ0v) is 15.7. The fourth-order valence-corrected chi connectivity index (χ4v) is 4.96. The molecule has 1 saturated heterocycles. The van der Waals surface area contributed by atoms with E-state index in [-0.39, 0.29) is 11.4 Å². The van der Waals surface area contributed by atoms with Crippen molar-refractivity contribution in [3.63, 3.8) is 0 Å². The minimum absolute atomic E-state index is 0.126. The number of aliphatic hydroxyl groups excluding tert-OH is 1. The van der Waals surface area contributed by atoms with Gasteiger partial charge in [0.05, 0.1) is 4.90 Å². The molecule has 1 aliphatic rings. The van der Waals surface area contributed by atoms with Gasteiger partial charge in [0.25, 0.3) is 0 Å². The summed E-state index contributed by atoms with van der Waals surface area (Å²) >= 11 is 0. The number of hydrogen-bond acceptors (Lipinski definition) is 4. The first-order chi connectivity index (χ1) is 12.3. The molecule has 1 heterocycles. The summed E-state index contributed by atoms with van der Waals surface area (Å²) in [5.41, 5.74) is 0.0516. The predicted octanol–water partition coefficient (Wildman–Crippen LogP) is 2.63. The Bertz CT molecular complexity index is 836. The molecule has 2 atom stereocenters. The number of hydrogen-bond donors (Lipinski definition) is 2. The van der Waals surface area contributed by atoms with Gasteiger partial charge in [0.15, 0.2) is 0 Å². The summed E-state index contributed by atoms with van der Waals surface area (Å²) in [4.78, 5) is 0.210. The summed E-state index contributed by atoms with van der Waals surface area (Å²) in [7, 11) is -3.73. The molecule has 1 aliphatic heterocycles. The van der Waals surface area contributed by atoms with Crippen LogP contribution in [0.5, 0.6) is 0 Å². The molecule has 2 N–H and O–H groups in total. The summed E-state index contributed by atoms with van der Waals surface area (Å²) in [5.74, 6) is 0. The molecule has 0 unspecified atom stereocenters. The Kier molecular flexibility index (Phi) is 5.48. The smallest absolute Gasteiger partial charge is 0.243 e. The van der Waals surface area contributed by atoms with Crippen LogP contribution in [0.1, 0.15) is 36.5 Å². The second kappa shape index (κ2) is 7.48. The summed E-state index contributed by atoms with van der Waals surface area (Å²) in [5, 5.41) is 21.9. The van der Waals surface area contributed by atoms with Crippen LogP contribution in [0.25, 0.3) is 0 Å². The topological polar surface area (TPSA) is 77.8 Å². The highest BCUT2D eigenvalue weighted by atomic mass is 32.2. The number of nitrogens with zero attached hydrogens (tertiary/aromatic N) is 1. The molecule has 2 aromatic rings. The Balaban J connectivity index is 1.90. The van der Waals surface area contributed by atoms with E-state index in [1.54, 1.807) is 48.5 Å². The van der Waals surface area contributed by atoms with Crippen molar-refractivity contribution in [1.82, 2.24) is 4.31 Å². The van der Waals surface area contributed by atoms with Crippen LogP contribution in [0, 0.1) is 6.92 Å². The molecule has 0 bridgehead atoms. The lowest BCUT2D eigenvalue weighted by atomic mass is 9.87. The highest BCUT2D eigenvalue weighted by Crippen LogP contribution is 2.35. The molecule has 140 valence electrons. The highest BCUT2D eigenvalue weighted by Gasteiger charge is 2.42. The van der Waals surface area contributed by atoms with Gasteiger partial charge < -0.3 is 10.2 Å². The molecule has 5 nitrogen and oxygen atoms in total. The van der Waals surface area contributed by atoms with Crippen LogP contribution in [0.3, 0.4) is 0 Å². The molecule has 0 saturated carbocycles. The Labute approximate surface area is 155 Å². The van der Waals surface area contributed by atoms with E-state index in [2.05, 4.69) is 0 Å². The molecule has 3 rings (SSSR count). The lowest BCUT2D eigenvalue weighted by molar-refractivity contribution is -0.0864. The summed E-state index contributed by atoms with van der Waals surface area (Å²) < 4.78 is 27.4. The summed E-state index contributed by atoms with van der Waals surface area (Å²) in [6, 6.07) is 15.6. The van der Waals surface area contributed by atoms with E-state index in [9.17, 15) is 18.6 Å². The minimum atomic E-state index is -3.73. The molecular formula is C20H25NO4S. The summed E-state index contributed by atoms with van der Waals surface area (Å²) in [6.45, 7) is 2.11. The van der Waals surface area contributed by atoms with E-state index in [4.69, 9.17) is 0 Å². The van der Waals surface area contributed by atoms with Crippen molar-refractivity contribution >= 4 is 10.0 Å². The van der Waals surface area contributed by atoms with Crippen molar-refractivity contribution in [3.8, 4) is 0 Å². The molecule has 0 aliphatic carbocycles. The first-order valence-electron chi connectivity index (χ1n) is 8.85. The van der Waals surface area contributed by atoms with Crippen molar-refractivity contribution < 1.29 is 18.6 Å². The van der Waals surface area contributed by atoms with E-state index >= 15 is 0 Å². The number of benzene rings is 2. The Morgan fingerprint density at radius 3 is 2.35 bits per heavy atom. The first-order valence-corrected chi connectivity index (χ1v) is 10.3. The quantitative estimate of drug-likeness (QED) is 0.861.